The van der Waals surface area contributed by atoms with Crippen LogP contribution in [0.15, 0.2) is 18.2 Å². The van der Waals surface area contributed by atoms with Gasteiger partial charge in [-0.1, -0.05) is 0 Å². The van der Waals surface area contributed by atoms with Crippen molar-refractivity contribution in [1.29, 1.82) is 5.41 Å². The Hall–Kier alpha value is -1.55. The highest BCUT2D eigenvalue weighted by Crippen LogP contribution is 2.21. The van der Waals surface area contributed by atoms with Gasteiger partial charge in [0.1, 0.15) is 5.84 Å². The largest absolute Gasteiger partial charge is 0.384 e. The maximum absolute atomic E-state index is 7.53. The fraction of sp³-hybridized carbons (Fsp3) is 0.533. The van der Waals surface area contributed by atoms with E-state index in [1.54, 1.807) is 0 Å². The number of hydrogen-bond acceptors (Lipinski definition) is 3. The van der Waals surface area contributed by atoms with Crippen LogP contribution in [0.4, 0.5) is 5.69 Å². The highest BCUT2D eigenvalue weighted by molar-refractivity contribution is 5.96. The number of benzene rings is 1. The zero-order valence-electron chi connectivity index (χ0n) is 12.7. The van der Waals surface area contributed by atoms with E-state index in [4.69, 9.17) is 11.1 Å². The third-order valence-corrected chi connectivity index (χ3v) is 3.33. The second-order valence-electron chi connectivity index (χ2n) is 5.31. The van der Waals surface area contributed by atoms with E-state index in [1.807, 2.05) is 13.0 Å². The molecule has 0 aromatic heterocycles. The lowest BCUT2D eigenvalue weighted by molar-refractivity contribution is 0.373. The summed E-state index contributed by atoms with van der Waals surface area (Å²) in [5, 5.41) is 7.53. The number of nitrogens with zero attached hydrogens (tertiary/aromatic N) is 2. The number of anilines is 1. The van der Waals surface area contributed by atoms with Crippen molar-refractivity contribution in [2.45, 2.75) is 26.8 Å². The average molecular weight is 262 g/mol. The van der Waals surface area contributed by atoms with Gasteiger partial charge in [0.15, 0.2) is 0 Å². The first-order valence-electron chi connectivity index (χ1n) is 6.73. The van der Waals surface area contributed by atoms with Crippen LogP contribution in [-0.4, -0.2) is 44.0 Å². The van der Waals surface area contributed by atoms with E-state index in [9.17, 15) is 0 Å². The second kappa shape index (κ2) is 6.57. The number of nitrogens with one attached hydrogen (secondary N) is 1. The molecule has 106 valence electrons. The molecule has 0 heterocycles. The third-order valence-electron chi connectivity index (χ3n) is 3.33. The van der Waals surface area contributed by atoms with E-state index in [1.165, 1.54) is 5.69 Å². The number of rotatable bonds is 6. The van der Waals surface area contributed by atoms with Crippen molar-refractivity contribution in [3.05, 3.63) is 29.3 Å². The molecule has 0 aliphatic carbocycles. The smallest absolute Gasteiger partial charge is 0.123 e. The Kier molecular flexibility index (Phi) is 5.36. The number of nitrogen functional groups attached to an aromatic ring is 1. The average Bonchev–Trinajstić information content (AvgIpc) is 2.28. The number of amidine groups is 1. The zero-order valence-corrected chi connectivity index (χ0v) is 12.7. The fourth-order valence-electron chi connectivity index (χ4n) is 2.50. The van der Waals surface area contributed by atoms with Crippen molar-refractivity contribution >= 4 is 11.5 Å². The standard InChI is InChI=1S/C15H26N4/c1-6-19(12(3)10-18(4)5)13-7-8-14(15(16)17)11(2)9-13/h7-9,12H,6,10H2,1-5H3,(H3,16,17). The van der Waals surface area contributed by atoms with E-state index in [0.29, 0.717) is 6.04 Å². The van der Waals surface area contributed by atoms with Crippen LogP contribution in [0.3, 0.4) is 0 Å². The molecule has 3 N–H and O–H groups in total. The van der Waals surface area contributed by atoms with Gasteiger partial charge in [0.05, 0.1) is 0 Å². The quantitative estimate of drug-likeness (QED) is 0.609. The van der Waals surface area contributed by atoms with Crippen LogP contribution in [-0.2, 0) is 0 Å². The zero-order chi connectivity index (χ0) is 14.6. The van der Waals surface area contributed by atoms with Crippen molar-refractivity contribution < 1.29 is 0 Å². The fourth-order valence-corrected chi connectivity index (χ4v) is 2.50. The van der Waals surface area contributed by atoms with Crippen LogP contribution in [0.2, 0.25) is 0 Å². The van der Waals surface area contributed by atoms with Crippen molar-refractivity contribution in [2.24, 2.45) is 5.73 Å². The highest BCUT2D eigenvalue weighted by Gasteiger charge is 2.14. The molecule has 0 bridgehead atoms. The molecule has 0 radical (unpaired) electrons. The Bertz CT molecular complexity index is 440. The SMILES string of the molecule is CCN(c1ccc(C(=N)N)c(C)c1)C(C)CN(C)C. The minimum atomic E-state index is 0.133. The van der Waals surface area contributed by atoms with Crippen molar-refractivity contribution in [3.63, 3.8) is 0 Å². The predicted molar refractivity (Wildman–Crippen MR) is 83.2 cm³/mol. The molecule has 0 aliphatic heterocycles. The topological polar surface area (TPSA) is 56.4 Å². The van der Waals surface area contributed by atoms with Gasteiger partial charge in [0, 0.05) is 30.4 Å². The van der Waals surface area contributed by atoms with Gasteiger partial charge in [-0.05, 0) is 58.6 Å². The van der Waals surface area contributed by atoms with E-state index in [-0.39, 0.29) is 5.84 Å². The first-order valence-corrected chi connectivity index (χ1v) is 6.73. The first-order chi connectivity index (χ1) is 8.86. The molecule has 0 spiro atoms. The molecule has 4 nitrogen and oxygen atoms in total. The molecule has 1 aromatic carbocycles. The molecular formula is C15H26N4. The van der Waals surface area contributed by atoms with Crippen molar-refractivity contribution in [1.82, 2.24) is 4.90 Å². The summed E-state index contributed by atoms with van der Waals surface area (Å²) in [5.41, 5.74) is 8.63. The summed E-state index contributed by atoms with van der Waals surface area (Å²) in [4.78, 5) is 4.57. The number of hydrogen-bond donors (Lipinski definition) is 2. The van der Waals surface area contributed by atoms with Crippen LogP contribution < -0.4 is 10.6 Å². The summed E-state index contributed by atoms with van der Waals surface area (Å²) in [6, 6.07) is 6.56. The summed E-state index contributed by atoms with van der Waals surface area (Å²) in [7, 11) is 4.18. The Morgan fingerprint density at radius 2 is 2.00 bits per heavy atom. The minimum absolute atomic E-state index is 0.133. The number of aryl methyl sites for hydroxylation is 1. The maximum Gasteiger partial charge on any atom is 0.123 e. The lowest BCUT2D eigenvalue weighted by Crippen LogP contribution is -2.40. The van der Waals surface area contributed by atoms with Gasteiger partial charge in [-0.2, -0.15) is 0 Å². The summed E-state index contributed by atoms with van der Waals surface area (Å²) in [6.07, 6.45) is 0. The molecule has 0 saturated carbocycles. The Labute approximate surface area is 116 Å². The molecule has 1 atom stereocenters. The Morgan fingerprint density at radius 3 is 2.42 bits per heavy atom. The first kappa shape index (κ1) is 15.5. The predicted octanol–water partition coefficient (Wildman–Crippen LogP) is 2.06. The molecule has 19 heavy (non-hydrogen) atoms. The van der Waals surface area contributed by atoms with Gasteiger partial charge in [-0.3, -0.25) is 5.41 Å². The normalized spacial score (nSPS) is 12.5. The van der Waals surface area contributed by atoms with Crippen LogP contribution in [0.5, 0.6) is 0 Å². The molecule has 1 rings (SSSR count). The molecular weight excluding hydrogens is 236 g/mol. The summed E-state index contributed by atoms with van der Waals surface area (Å²) < 4.78 is 0. The summed E-state index contributed by atoms with van der Waals surface area (Å²) in [5.74, 6) is 0.133. The van der Waals surface area contributed by atoms with Gasteiger partial charge >= 0.3 is 0 Å². The molecule has 4 heteroatoms. The van der Waals surface area contributed by atoms with Crippen LogP contribution >= 0.6 is 0 Å². The summed E-state index contributed by atoms with van der Waals surface area (Å²) in [6.45, 7) is 8.39. The molecule has 0 saturated heterocycles. The molecule has 0 fully saturated rings. The Morgan fingerprint density at radius 1 is 1.37 bits per heavy atom. The minimum Gasteiger partial charge on any atom is -0.384 e. The van der Waals surface area contributed by atoms with E-state index < -0.39 is 0 Å². The van der Waals surface area contributed by atoms with Gasteiger partial charge < -0.3 is 15.5 Å². The number of nitrogens with two attached hydrogens (primary N) is 1. The van der Waals surface area contributed by atoms with E-state index >= 15 is 0 Å². The van der Waals surface area contributed by atoms with Crippen molar-refractivity contribution in [2.75, 3.05) is 32.1 Å². The van der Waals surface area contributed by atoms with Crippen LogP contribution in [0.1, 0.15) is 25.0 Å². The third kappa shape index (κ3) is 3.96. The van der Waals surface area contributed by atoms with Gasteiger partial charge in [-0.25, -0.2) is 0 Å². The second-order valence-corrected chi connectivity index (χ2v) is 5.31. The van der Waals surface area contributed by atoms with E-state index in [0.717, 1.165) is 24.2 Å². The lowest BCUT2D eigenvalue weighted by Gasteiger charge is -2.32. The lowest BCUT2D eigenvalue weighted by atomic mass is 10.1. The van der Waals surface area contributed by atoms with Gasteiger partial charge in [0.25, 0.3) is 0 Å². The highest BCUT2D eigenvalue weighted by atomic mass is 15.2. The molecule has 1 aromatic rings. The van der Waals surface area contributed by atoms with Crippen LogP contribution in [0.25, 0.3) is 0 Å². The van der Waals surface area contributed by atoms with Gasteiger partial charge in [0.2, 0.25) is 0 Å². The van der Waals surface area contributed by atoms with Gasteiger partial charge in [-0.15, -0.1) is 0 Å². The Balaban J connectivity index is 2.99. The molecule has 0 amide bonds. The maximum atomic E-state index is 7.53. The van der Waals surface area contributed by atoms with Crippen molar-refractivity contribution in [3.8, 4) is 0 Å². The molecule has 0 aliphatic rings. The monoisotopic (exact) mass is 262 g/mol. The number of likely N-dealkylation sites (N-methyl/N-ethyl adjacent to an activating group) is 2. The summed E-state index contributed by atoms with van der Waals surface area (Å²) >= 11 is 0. The van der Waals surface area contributed by atoms with Crippen LogP contribution in [0, 0.1) is 12.3 Å². The van der Waals surface area contributed by atoms with E-state index in [2.05, 4.69) is 49.9 Å². The molecule has 1 unspecified atom stereocenters.